The van der Waals surface area contributed by atoms with E-state index in [1.54, 1.807) is 0 Å². The number of hydrogen-bond acceptors (Lipinski definition) is 4. The lowest BCUT2D eigenvalue weighted by Gasteiger charge is -2.39. The molecule has 0 amide bonds. The van der Waals surface area contributed by atoms with E-state index < -0.39 is 71.3 Å². The van der Waals surface area contributed by atoms with Crippen molar-refractivity contribution in [2.24, 2.45) is 0 Å². The third-order valence-corrected chi connectivity index (χ3v) is 6.74. The van der Waals surface area contributed by atoms with Gasteiger partial charge >= 0.3 is 46.6 Å². The fraction of sp³-hybridized carbons (Fsp3) is 0.889. The Balaban J connectivity index is 6.73. The SMILES string of the molecule is O=S(=O)([C-]S(=O)(=O)C(F)(F)C(F)(F)C(F)(F)C(F)(F)F)C(F)(F)C(F)(F)C(F)(F)C(F)(F)F. The lowest BCUT2D eigenvalue weighted by atomic mass is 10.1. The number of sulfone groups is 2. The van der Waals surface area contributed by atoms with Gasteiger partial charge in [-0.05, 0) is 0 Å². The van der Waals surface area contributed by atoms with E-state index in [2.05, 4.69) is 0 Å². The van der Waals surface area contributed by atoms with Crippen molar-refractivity contribution in [3.63, 3.8) is 0 Å². The van der Waals surface area contributed by atoms with Crippen LogP contribution in [-0.4, -0.2) is 63.4 Å². The summed E-state index contributed by atoms with van der Waals surface area (Å²) in [4.78, 5) is 0. The van der Waals surface area contributed by atoms with Crippen molar-refractivity contribution >= 4 is 19.7 Å². The molecule has 0 aliphatic rings. The molecule has 0 aromatic heterocycles. The fourth-order valence-electron chi connectivity index (χ4n) is 1.31. The summed E-state index contributed by atoms with van der Waals surface area (Å²) in [6.07, 6.45) is -15.5. The highest BCUT2D eigenvalue weighted by Gasteiger charge is 2.86. The molecule has 33 heavy (non-hydrogen) atoms. The Morgan fingerprint density at radius 1 is 0.364 bits per heavy atom. The molecule has 199 valence electrons. The smallest absolute Gasteiger partial charge is 0.257 e. The Morgan fingerprint density at radius 3 is 0.697 bits per heavy atom. The van der Waals surface area contributed by atoms with Gasteiger partial charge in [-0.1, -0.05) is 0 Å². The van der Waals surface area contributed by atoms with Crippen LogP contribution in [0.5, 0.6) is 0 Å². The predicted octanol–water partition coefficient (Wildman–Crippen LogP) is 4.66. The first kappa shape index (κ1) is 31.6. The Morgan fingerprint density at radius 2 is 0.545 bits per heavy atom. The first-order valence-electron chi connectivity index (χ1n) is 6.38. The highest BCUT2D eigenvalue weighted by molar-refractivity contribution is 8.12. The summed E-state index contributed by atoms with van der Waals surface area (Å²) >= 11 is 0. The molecule has 0 N–H and O–H groups in total. The van der Waals surface area contributed by atoms with Crippen molar-refractivity contribution in [1.82, 2.24) is 0 Å². The summed E-state index contributed by atoms with van der Waals surface area (Å²) in [6.45, 7) is 0. The van der Waals surface area contributed by atoms with Gasteiger partial charge in [0.2, 0.25) is 0 Å². The minimum absolute atomic E-state index is 1.64. The summed E-state index contributed by atoms with van der Waals surface area (Å²) < 4.78 is 270. The minimum atomic E-state index is -8.68. The first-order chi connectivity index (χ1) is 13.7. The summed E-state index contributed by atoms with van der Waals surface area (Å²) in [5.74, 6) is -32.9. The number of alkyl halides is 18. The van der Waals surface area contributed by atoms with Crippen LogP contribution in [0.25, 0.3) is 0 Å². The second-order valence-corrected chi connectivity index (χ2v) is 9.12. The molecule has 0 unspecified atom stereocenters. The van der Waals surface area contributed by atoms with Gasteiger partial charge in [0, 0.05) is 0 Å². The average Bonchev–Trinajstić information content (AvgIpc) is 2.50. The van der Waals surface area contributed by atoms with Gasteiger partial charge in [-0.25, -0.2) is 0 Å². The molecule has 0 bridgehead atoms. The summed E-state index contributed by atoms with van der Waals surface area (Å²) in [7, 11) is -17.4. The Bertz CT molecular complexity index is 876. The molecule has 0 heterocycles. The normalized spacial score (nSPS) is 16.8. The van der Waals surface area contributed by atoms with Crippen molar-refractivity contribution in [1.29, 1.82) is 0 Å². The van der Waals surface area contributed by atoms with Crippen molar-refractivity contribution < 1.29 is 95.9 Å². The number of halogens is 18. The van der Waals surface area contributed by atoms with Crippen LogP contribution in [0.4, 0.5) is 79.0 Å². The van der Waals surface area contributed by atoms with E-state index in [-0.39, 0.29) is 0 Å². The molecule has 0 aliphatic heterocycles. The number of rotatable bonds is 8. The first-order valence-corrected chi connectivity index (χ1v) is 9.35. The van der Waals surface area contributed by atoms with E-state index in [4.69, 9.17) is 0 Å². The molecule has 0 saturated carbocycles. The molecular formula is C9F18O4S2-. The molecule has 0 spiro atoms. The highest BCUT2D eigenvalue weighted by Crippen LogP contribution is 2.58. The molecule has 24 heteroatoms. The van der Waals surface area contributed by atoms with Gasteiger partial charge in [-0.2, -0.15) is 84.1 Å². The van der Waals surface area contributed by atoms with E-state index in [9.17, 15) is 95.9 Å². The fourth-order valence-corrected chi connectivity index (χ4v) is 4.23. The second-order valence-electron chi connectivity index (χ2n) is 5.42. The topological polar surface area (TPSA) is 68.3 Å². The molecule has 0 aliphatic carbocycles. The number of hydrogen-bond donors (Lipinski definition) is 0. The van der Waals surface area contributed by atoms with Crippen molar-refractivity contribution in [2.75, 3.05) is 0 Å². The van der Waals surface area contributed by atoms with Crippen LogP contribution in [0.1, 0.15) is 0 Å². The van der Waals surface area contributed by atoms with Crippen LogP contribution in [-0.2, 0) is 19.7 Å². The lowest BCUT2D eigenvalue weighted by Crippen LogP contribution is -2.65. The van der Waals surface area contributed by atoms with E-state index >= 15 is 0 Å². The molecule has 1 radical (unpaired) electrons. The van der Waals surface area contributed by atoms with E-state index in [1.165, 1.54) is 0 Å². The Kier molecular flexibility index (Phi) is 7.26. The van der Waals surface area contributed by atoms with Gasteiger partial charge in [-0.15, -0.1) is 0 Å². The summed E-state index contributed by atoms with van der Waals surface area (Å²) in [5, 5.41) is -18.0. The maximum atomic E-state index is 13.2. The summed E-state index contributed by atoms with van der Waals surface area (Å²) in [5.41, 5.74) is 0. The van der Waals surface area contributed by atoms with Gasteiger partial charge in [0.05, 0.1) is 19.7 Å². The van der Waals surface area contributed by atoms with Crippen LogP contribution in [0.15, 0.2) is 0 Å². The van der Waals surface area contributed by atoms with E-state index in [0.29, 0.717) is 0 Å². The zero-order valence-corrected chi connectivity index (χ0v) is 15.4. The summed E-state index contributed by atoms with van der Waals surface area (Å²) in [6, 6.07) is 0. The van der Waals surface area contributed by atoms with Crippen LogP contribution in [0.3, 0.4) is 0 Å². The predicted molar refractivity (Wildman–Crippen MR) is 62.9 cm³/mol. The Hall–Kier alpha value is -1.36. The highest BCUT2D eigenvalue weighted by atomic mass is 32.3. The van der Waals surface area contributed by atoms with Gasteiger partial charge in [0.15, 0.2) is 0 Å². The third kappa shape index (κ3) is 4.28. The minimum Gasteiger partial charge on any atom is -0.257 e. The zero-order chi connectivity index (χ0) is 27.7. The van der Waals surface area contributed by atoms with E-state index in [1.807, 2.05) is 0 Å². The van der Waals surface area contributed by atoms with Crippen LogP contribution in [0, 0.1) is 5.08 Å². The molecule has 4 nitrogen and oxygen atoms in total. The second kappa shape index (κ2) is 7.57. The van der Waals surface area contributed by atoms with Crippen molar-refractivity contribution in [3.8, 4) is 0 Å². The van der Waals surface area contributed by atoms with Crippen LogP contribution < -0.4 is 0 Å². The maximum Gasteiger partial charge on any atom is 0.460 e. The van der Waals surface area contributed by atoms with Gasteiger partial charge < -0.3 is 0 Å². The van der Waals surface area contributed by atoms with Crippen molar-refractivity contribution in [2.45, 2.75) is 46.6 Å². The molecule has 0 saturated heterocycles. The van der Waals surface area contributed by atoms with E-state index in [0.717, 1.165) is 0 Å². The molecule has 0 aromatic carbocycles. The standard InChI is InChI=1S/C9F18O4S2/c10-2(11,6(18,19)20)4(14,15)8(24,25)32(28,29)1-33(30,31)9(26,27)5(16,17)3(12,13)7(21,22)23/q-1. The maximum absolute atomic E-state index is 13.2. The quantitative estimate of drug-likeness (QED) is 0.311. The van der Waals surface area contributed by atoms with Gasteiger partial charge in [0.25, 0.3) is 0 Å². The van der Waals surface area contributed by atoms with Crippen molar-refractivity contribution in [3.05, 3.63) is 5.08 Å². The Labute approximate surface area is 168 Å². The molecule has 0 fully saturated rings. The molecule has 0 atom stereocenters. The third-order valence-electron chi connectivity index (χ3n) is 3.13. The van der Waals surface area contributed by atoms with Crippen LogP contribution in [0.2, 0.25) is 0 Å². The van der Waals surface area contributed by atoms with Crippen LogP contribution >= 0.6 is 0 Å². The lowest BCUT2D eigenvalue weighted by molar-refractivity contribution is -0.382. The average molecular weight is 578 g/mol. The molecule has 0 aromatic rings. The molecule has 0 rings (SSSR count). The molecular weight excluding hydrogens is 578 g/mol. The zero-order valence-electron chi connectivity index (χ0n) is 13.8. The largest absolute Gasteiger partial charge is 0.460 e. The monoisotopic (exact) mass is 578 g/mol. The van der Waals surface area contributed by atoms with Gasteiger partial charge in [-0.3, -0.25) is 16.8 Å². The van der Waals surface area contributed by atoms with Gasteiger partial charge in [0.1, 0.15) is 0 Å².